The summed E-state index contributed by atoms with van der Waals surface area (Å²) in [5.74, 6) is 3.21. The van der Waals surface area contributed by atoms with Crippen molar-refractivity contribution >= 4 is 0 Å². The van der Waals surface area contributed by atoms with Gasteiger partial charge in [0, 0.05) is 11.1 Å². The Morgan fingerprint density at radius 2 is 1.58 bits per heavy atom. The Kier molecular flexibility index (Phi) is 4.39. The molecule has 0 spiro atoms. The van der Waals surface area contributed by atoms with Gasteiger partial charge in [0.1, 0.15) is 5.82 Å². The van der Waals surface area contributed by atoms with Gasteiger partial charge in [0.2, 0.25) is 0 Å². The molecule has 0 radical (unpaired) electrons. The molecule has 0 saturated heterocycles. The van der Waals surface area contributed by atoms with Gasteiger partial charge in [-0.1, -0.05) is 50.1 Å². The average molecular weight is 316 g/mol. The third-order valence-electron chi connectivity index (χ3n) is 3.78. The van der Waals surface area contributed by atoms with E-state index in [4.69, 9.17) is 6.42 Å². The highest BCUT2D eigenvalue weighted by Crippen LogP contribution is 2.30. The van der Waals surface area contributed by atoms with E-state index in [1.54, 1.807) is 12.1 Å². The Labute approximate surface area is 141 Å². The molecule has 0 saturated carbocycles. The van der Waals surface area contributed by atoms with Crippen LogP contribution in [-0.2, 0) is 0 Å². The Morgan fingerprint density at radius 3 is 2.17 bits per heavy atom. The van der Waals surface area contributed by atoms with Crippen LogP contribution in [0.1, 0.15) is 31.0 Å². The fraction of sp³-hybridized carbons (Fsp3) is 0.143. The van der Waals surface area contributed by atoms with E-state index >= 15 is 0 Å². The second-order valence-corrected chi connectivity index (χ2v) is 5.83. The highest BCUT2D eigenvalue weighted by molar-refractivity contribution is 5.71. The zero-order valence-corrected chi connectivity index (χ0v) is 13.6. The number of terminal acetylenes is 1. The van der Waals surface area contributed by atoms with Gasteiger partial charge in [0.15, 0.2) is 5.82 Å². The van der Waals surface area contributed by atoms with Crippen molar-refractivity contribution in [1.82, 2.24) is 9.97 Å². The number of hydrogen-bond donors (Lipinski definition) is 0. The molecular weight excluding hydrogens is 299 g/mol. The molecule has 0 N–H and O–H groups in total. The highest BCUT2D eigenvalue weighted by Gasteiger charge is 2.17. The molecule has 1 aromatic heterocycles. The van der Waals surface area contributed by atoms with E-state index in [0.29, 0.717) is 17.1 Å². The molecule has 1 heterocycles. The summed E-state index contributed by atoms with van der Waals surface area (Å²) >= 11 is 0. The number of benzene rings is 2. The van der Waals surface area contributed by atoms with Crippen LogP contribution >= 0.6 is 0 Å². The second kappa shape index (κ2) is 6.64. The first-order valence-corrected chi connectivity index (χ1v) is 7.80. The molecule has 0 unspecified atom stereocenters. The molecule has 0 atom stereocenters. The molecular formula is C21H17FN2. The molecule has 0 fully saturated rings. The summed E-state index contributed by atoms with van der Waals surface area (Å²) in [5, 5.41) is 0. The number of aromatic nitrogens is 2. The van der Waals surface area contributed by atoms with E-state index in [0.717, 1.165) is 16.8 Å². The third kappa shape index (κ3) is 3.04. The van der Waals surface area contributed by atoms with Crippen LogP contribution in [0.15, 0.2) is 54.6 Å². The van der Waals surface area contributed by atoms with Gasteiger partial charge in [-0.25, -0.2) is 14.4 Å². The van der Waals surface area contributed by atoms with Crippen molar-refractivity contribution in [2.45, 2.75) is 19.8 Å². The van der Waals surface area contributed by atoms with Crippen molar-refractivity contribution in [2.24, 2.45) is 0 Å². The zero-order valence-electron chi connectivity index (χ0n) is 13.6. The van der Waals surface area contributed by atoms with Crippen molar-refractivity contribution in [3.8, 4) is 35.0 Å². The number of halogens is 1. The molecule has 3 aromatic rings. The minimum Gasteiger partial charge on any atom is -0.231 e. The number of hydrogen-bond acceptors (Lipinski definition) is 2. The number of nitrogens with zero attached hydrogens (tertiary/aromatic N) is 2. The maximum absolute atomic E-state index is 13.3. The smallest absolute Gasteiger partial charge is 0.160 e. The van der Waals surface area contributed by atoms with Gasteiger partial charge < -0.3 is 0 Å². The summed E-state index contributed by atoms with van der Waals surface area (Å²) in [7, 11) is 0. The van der Waals surface area contributed by atoms with Gasteiger partial charge in [-0.15, -0.1) is 6.42 Å². The lowest BCUT2D eigenvalue weighted by atomic mass is 9.98. The molecule has 3 rings (SSSR count). The minimum absolute atomic E-state index is 0.153. The molecule has 0 aliphatic carbocycles. The van der Waals surface area contributed by atoms with E-state index in [-0.39, 0.29) is 11.7 Å². The Balaban J connectivity index is 2.28. The Hall–Kier alpha value is -2.99. The topological polar surface area (TPSA) is 25.8 Å². The van der Waals surface area contributed by atoms with E-state index in [2.05, 4.69) is 15.9 Å². The molecule has 0 aliphatic heterocycles. The van der Waals surface area contributed by atoms with Gasteiger partial charge in [-0.05, 0) is 30.2 Å². The van der Waals surface area contributed by atoms with Crippen LogP contribution in [0.2, 0.25) is 0 Å². The van der Waals surface area contributed by atoms with Crippen LogP contribution in [-0.4, -0.2) is 9.97 Å². The lowest BCUT2D eigenvalue weighted by molar-refractivity contribution is 0.628. The maximum Gasteiger partial charge on any atom is 0.160 e. The molecule has 2 nitrogen and oxygen atoms in total. The fourth-order valence-corrected chi connectivity index (χ4v) is 2.57. The molecule has 0 aliphatic rings. The van der Waals surface area contributed by atoms with Crippen molar-refractivity contribution in [3.63, 3.8) is 0 Å². The predicted octanol–water partition coefficient (Wildman–Crippen LogP) is 5.05. The fourth-order valence-electron chi connectivity index (χ4n) is 2.57. The van der Waals surface area contributed by atoms with E-state index in [1.807, 2.05) is 44.2 Å². The standard InChI is InChI=1S/C21H17FN2/c1-4-18-19(14(2)3)23-21(16-8-6-5-7-9-16)24-20(18)15-10-12-17(22)13-11-15/h1,5-14H,2-3H3. The molecule has 0 bridgehead atoms. The summed E-state index contributed by atoms with van der Waals surface area (Å²) in [6.07, 6.45) is 5.74. The van der Waals surface area contributed by atoms with Crippen LogP contribution < -0.4 is 0 Å². The summed E-state index contributed by atoms with van der Waals surface area (Å²) in [5.41, 5.74) is 3.86. The zero-order chi connectivity index (χ0) is 17.1. The van der Waals surface area contributed by atoms with Crippen LogP contribution in [0.3, 0.4) is 0 Å². The van der Waals surface area contributed by atoms with E-state index < -0.39 is 0 Å². The quantitative estimate of drug-likeness (QED) is 0.632. The van der Waals surface area contributed by atoms with E-state index in [9.17, 15) is 4.39 Å². The molecule has 118 valence electrons. The van der Waals surface area contributed by atoms with Gasteiger partial charge in [0.25, 0.3) is 0 Å². The second-order valence-electron chi connectivity index (χ2n) is 5.83. The predicted molar refractivity (Wildman–Crippen MR) is 94.9 cm³/mol. The minimum atomic E-state index is -0.289. The lowest BCUT2D eigenvalue weighted by Crippen LogP contribution is -2.05. The van der Waals surface area contributed by atoms with Crippen LogP contribution in [0.25, 0.3) is 22.6 Å². The lowest BCUT2D eigenvalue weighted by Gasteiger charge is -2.14. The van der Waals surface area contributed by atoms with Crippen molar-refractivity contribution in [2.75, 3.05) is 0 Å². The maximum atomic E-state index is 13.3. The Bertz CT molecular complexity index is 892. The van der Waals surface area contributed by atoms with Crippen molar-refractivity contribution < 1.29 is 4.39 Å². The van der Waals surface area contributed by atoms with Gasteiger partial charge in [-0.2, -0.15) is 0 Å². The van der Waals surface area contributed by atoms with Crippen LogP contribution in [0.4, 0.5) is 4.39 Å². The summed E-state index contributed by atoms with van der Waals surface area (Å²) < 4.78 is 13.3. The van der Waals surface area contributed by atoms with Crippen molar-refractivity contribution in [1.29, 1.82) is 0 Å². The van der Waals surface area contributed by atoms with Crippen molar-refractivity contribution in [3.05, 3.63) is 71.7 Å². The van der Waals surface area contributed by atoms with Crippen LogP contribution in [0.5, 0.6) is 0 Å². The molecule has 24 heavy (non-hydrogen) atoms. The van der Waals surface area contributed by atoms with Crippen LogP contribution in [0, 0.1) is 18.2 Å². The average Bonchev–Trinajstić information content (AvgIpc) is 2.62. The first-order valence-electron chi connectivity index (χ1n) is 7.80. The van der Waals surface area contributed by atoms with E-state index in [1.165, 1.54) is 12.1 Å². The largest absolute Gasteiger partial charge is 0.231 e. The summed E-state index contributed by atoms with van der Waals surface area (Å²) in [6.45, 7) is 4.10. The normalized spacial score (nSPS) is 10.6. The number of rotatable bonds is 3. The molecule has 0 amide bonds. The summed E-state index contributed by atoms with van der Waals surface area (Å²) in [6, 6.07) is 16.0. The summed E-state index contributed by atoms with van der Waals surface area (Å²) in [4.78, 5) is 9.37. The molecule has 2 aromatic carbocycles. The van der Waals surface area contributed by atoms with Gasteiger partial charge in [0.05, 0.1) is 17.0 Å². The highest BCUT2D eigenvalue weighted by atomic mass is 19.1. The Morgan fingerprint density at radius 1 is 0.917 bits per heavy atom. The third-order valence-corrected chi connectivity index (χ3v) is 3.78. The van der Waals surface area contributed by atoms with Gasteiger partial charge in [-0.3, -0.25) is 0 Å². The first-order chi connectivity index (χ1) is 11.6. The first kappa shape index (κ1) is 15.9. The SMILES string of the molecule is C#Cc1c(-c2ccc(F)cc2)nc(-c2ccccc2)nc1C(C)C. The van der Waals surface area contributed by atoms with Gasteiger partial charge >= 0.3 is 0 Å². The monoisotopic (exact) mass is 316 g/mol. The molecule has 3 heteroatoms.